The van der Waals surface area contributed by atoms with Crippen molar-refractivity contribution >= 4 is 46.5 Å². The number of rotatable bonds is 8. The number of alkyl halides is 3. The van der Waals surface area contributed by atoms with Crippen LogP contribution >= 0.6 is 0 Å². The minimum absolute atomic E-state index is 0.00434. The van der Waals surface area contributed by atoms with Crippen molar-refractivity contribution in [2.45, 2.75) is 26.4 Å². The molecule has 0 aliphatic rings. The van der Waals surface area contributed by atoms with Crippen LogP contribution in [0.1, 0.15) is 47.3 Å². The summed E-state index contributed by atoms with van der Waals surface area (Å²) in [5.74, 6) is -4.60. The summed E-state index contributed by atoms with van der Waals surface area (Å²) in [5.41, 5.74) is -4.34. The molecule has 3 rings (SSSR count). The van der Waals surface area contributed by atoms with E-state index in [1.165, 1.54) is 26.1 Å². The number of phenols is 1. The predicted octanol–water partition coefficient (Wildman–Crippen LogP) is 4.99. The third-order valence-corrected chi connectivity index (χ3v) is 6.21. The van der Waals surface area contributed by atoms with Crippen LogP contribution in [0.3, 0.4) is 0 Å². The number of anilines is 3. The lowest BCUT2D eigenvalue weighted by molar-refractivity contribution is -0.137. The summed E-state index contributed by atoms with van der Waals surface area (Å²) in [6.45, 7) is 2.63. The summed E-state index contributed by atoms with van der Waals surface area (Å²) in [6.07, 6.45) is -4.99. The van der Waals surface area contributed by atoms with Crippen LogP contribution < -0.4 is 15.5 Å². The van der Waals surface area contributed by atoms with Gasteiger partial charge < -0.3 is 25.7 Å². The van der Waals surface area contributed by atoms with Crippen LogP contribution in [-0.2, 0) is 20.6 Å². The number of aromatic hydroxyl groups is 1. The van der Waals surface area contributed by atoms with Crippen molar-refractivity contribution in [3.8, 4) is 22.9 Å². The second-order valence-electron chi connectivity index (χ2n) is 9.14. The average Bonchev–Trinajstić information content (AvgIpc) is 2.95. The highest BCUT2D eigenvalue weighted by Crippen LogP contribution is 2.44. The summed E-state index contributed by atoms with van der Waals surface area (Å²) in [4.78, 5) is 49.6. The van der Waals surface area contributed by atoms with Crippen molar-refractivity contribution in [3.63, 3.8) is 0 Å². The number of hydrogen-bond acceptors (Lipinski definition) is 7. The van der Waals surface area contributed by atoms with Gasteiger partial charge in [0.2, 0.25) is 11.8 Å². The molecule has 0 aliphatic heterocycles. The Morgan fingerprint density at radius 1 is 1.00 bits per heavy atom. The van der Waals surface area contributed by atoms with Crippen LogP contribution in [0.5, 0.6) is 5.75 Å². The molecule has 222 valence electrons. The number of carboxylic acids is 1. The molecule has 0 aromatic heterocycles. The van der Waals surface area contributed by atoms with Crippen molar-refractivity contribution in [1.82, 2.24) is 0 Å². The van der Waals surface area contributed by atoms with Gasteiger partial charge in [-0.3, -0.25) is 19.8 Å². The quantitative estimate of drug-likeness (QED) is 0.227. The molecule has 0 spiro atoms. The Balaban J connectivity index is 2.18. The molecule has 43 heavy (non-hydrogen) atoms. The van der Waals surface area contributed by atoms with Crippen LogP contribution in [0.2, 0.25) is 0 Å². The van der Waals surface area contributed by atoms with Crippen molar-refractivity contribution in [1.29, 1.82) is 10.7 Å². The molecular weight excluding hydrogens is 571 g/mol. The number of aromatic carboxylic acids is 1. The van der Waals surface area contributed by atoms with Crippen LogP contribution in [0.25, 0.3) is 11.1 Å². The smallest absolute Gasteiger partial charge is 0.417 e. The first-order valence-electron chi connectivity index (χ1n) is 12.4. The van der Waals surface area contributed by atoms with E-state index in [4.69, 9.17) is 10.7 Å². The number of hydrogen-bond donors (Lipinski definition) is 5. The Bertz CT molecular complexity index is 1710. The van der Waals surface area contributed by atoms with E-state index in [-0.39, 0.29) is 34.6 Å². The van der Waals surface area contributed by atoms with Crippen molar-refractivity contribution in [3.05, 3.63) is 70.8 Å². The zero-order valence-electron chi connectivity index (χ0n) is 22.9. The fourth-order valence-electron chi connectivity index (χ4n) is 4.14. The molecule has 0 bridgehead atoms. The van der Waals surface area contributed by atoms with E-state index in [0.717, 1.165) is 42.2 Å². The Morgan fingerprint density at radius 2 is 1.67 bits per heavy atom. The van der Waals surface area contributed by atoms with Gasteiger partial charge in [-0.05, 0) is 48.0 Å². The van der Waals surface area contributed by atoms with Crippen LogP contribution in [0.15, 0.2) is 48.5 Å². The lowest BCUT2D eigenvalue weighted by Gasteiger charge is -2.24. The summed E-state index contributed by atoms with van der Waals surface area (Å²) < 4.78 is 42.5. The van der Waals surface area contributed by atoms with Gasteiger partial charge in [0, 0.05) is 37.2 Å². The topological polar surface area (TPSA) is 184 Å². The van der Waals surface area contributed by atoms with Gasteiger partial charge in [0.1, 0.15) is 11.5 Å². The molecule has 11 nitrogen and oxygen atoms in total. The molecular formula is C29H24F3N5O6. The van der Waals surface area contributed by atoms with Crippen LogP contribution in [0.4, 0.5) is 30.2 Å². The molecule has 0 aliphatic carbocycles. The number of benzene rings is 3. The Kier molecular flexibility index (Phi) is 9.20. The molecule has 0 fully saturated rings. The minimum atomic E-state index is -4.93. The molecule has 0 heterocycles. The molecule has 5 N–H and O–H groups in total. The number of nitrogens with zero attached hydrogens (tertiary/aromatic N) is 2. The van der Waals surface area contributed by atoms with Gasteiger partial charge in [0.05, 0.1) is 34.1 Å². The first-order chi connectivity index (χ1) is 20.1. The first kappa shape index (κ1) is 31.8. The highest BCUT2D eigenvalue weighted by molar-refractivity contribution is 6.48. The van der Waals surface area contributed by atoms with E-state index in [0.29, 0.717) is 6.07 Å². The third-order valence-electron chi connectivity index (χ3n) is 6.21. The van der Waals surface area contributed by atoms with E-state index in [9.17, 15) is 42.6 Å². The zero-order valence-corrected chi connectivity index (χ0v) is 22.9. The lowest BCUT2D eigenvalue weighted by Crippen LogP contribution is -2.27. The number of carbonyl (C=O) groups is 4. The van der Waals surface area contributed by atoms with E-state index >= 15 is 0 Å². The van der Waals surface area contributed by atoms with Crippen LogP contribution in [-0.4, -0.2) is 46.7 Å². The molecule has 0 radical (unpaired) electrons. The Labute approximate surface area is 242 Å². The molecule has 3 aromatic rings. The van der Waals surface area contributed by atoms with Gasteiger partial charge in [0.25, 0.3) is 5.91 Å². The maximum absolute atomic E-state index is 14.2. The van der Waals surface area contributed by atoms with Gasteiger partial charge in [-0.15, -0.1) is 0 Å². The lowest BCUT2D eigenvalue weighted by atomic mass is 9.93. The molecule has 14 heteroatoms. The average molecular weight is 596 g/mol. The standard InChI is InChI=1S/C29H24F3N5O6/c1-4-25(40)37(3)23-11-20(26(34)27(41)36-22-8-5-15(13-33)9-19(22)28(42)43)24(39)12-18(23)17-7-6-16(35-14(2)38)10-21(17)29(30,31)32/h5-12,34,39H,4H2,1-3H3,(H,35,38)(H,36,41)(H,42,43). The summed E-state index contributed by atoms with van der Waals surface area (Å²) >= 11 is 0. The number of phenolic OH excluding ortho intramolecular Hbond substituents is 1. The molecule has 3 aromatic carbocycles. The fourth-order valence-corrected chi connectivity index (χ4v) is 4.14. The molecule has 0 unspecified atom stereocenters. The predicted molar refractivity (Wildman–Crippen MR) is 150 cm³/mol. The number of carboxylic acid groups (broad SMARTS) is 1. The second-order valence-corrected chi connectivity index (χ2v) is 9.14. The number of nitrogens with one attached hydrogen (secondary N) is 3. The Hall–Kier alpha value is -5.71. The van der Waals surface area contributed by atoms with Crippen molar-refractivity contribution < 1.29 is 42.6 Å². The largest absolute Gasteiger partial charge is 0.507 e. The highest BCUT2D eigenvalue weighted by Gasteiger charge is 2.35. The minimum Gasteiger partial charge on any atom is -0.507 e. The monoisotopic (exact) mass is 595 g/mol. The van der Waals surface area contributed by atoms with Gasteiger partial charge in [-0.2, -0.15) is 18.4 Å². The highest BCUT2D eigenvalue weighted by atomic mass is 19.4. The van der Waals surface area contributed by atoms with E-state index in [1.807, 2.05) is 0 Å². The summed E-state index contributed by atoms with van der Waals surface area (Å²) in [6, 6.07) is 9.96. The van der Waals surface area contributed by atoms with Gasteiger partial charge in [-0.1, -0.05) is 13.0 Å². The number of amides is 3. The molecule has 3 amide bonds. The van der Waals surface area contributed by atoms with Crippen molar-refractivity contribution in [2.75, 3.05) is 22.6 Å². The summed E-state index contributed by atoms with van der Waals surface area (Å²) in [7, 11) is 1.27. The van der Waals surface area contributed by atoms with Crippen molar-refractivity contribution in [2.24, 2.45) is 0 Å². The van der Waals surface area contributed by atoms with Gasteiger partial charge in [-0.25, -0.2) is 4.79 Å². The first-order valence-corrected chi connectivity index (χ1v) is 12.4. The zero-order chi connectivity index (χ0) is 32.2. The summed E-state index contributed by atoms with van der Waals surface area (Å²) in [5, 5.41) is 42.2. The number of halogens is 3. The van der Waals surface area contributed by atoms with E-state index in [1.54, 1.807) is 6.07 Å². The molecule has 0 atom stereocenters. The number of carbonyl (C=O) groups excluding carboxylic acids is 3. The van der Waals surface area contributed by atoms with Gasteiger partial charge >= 0.3 is 12.1 Å². The third kappa shape index (κ3) is 6.96. The molecule has 0 saturated carbocycles. The van der Waals surface area contributed by atoms with E-state index in [2.05, 4.69) is 10.6 Å². The number of nitriles is 1. The fraction of sp³-hybridized carbons (Fsp3) is 0.172. The normalized spacial score (nSPS) is 10.8. The van der Waals surface area contributed by atoms with Crippen LogP contribution in [0, 0.1) is 16.7 Å². The SMILES string of the molecule is CCC(=O)N(C)c1cc(C(=N)C(=O)Nc2ccc(C#N)cc2C(=O)O)c(O)cc1-c1ccc(NC(C)=O)cc1C(F)(F)F. The maximum Gasteiger partial charge on any atom is 0.417 e. The maximum atomic E-state index is 14.2. The van der Waals surface area contributed by atoms with E-state index < -0.39 is 63.6 Å². The van der Waals surface area contributed by atoms with Gasteiger partial charge in [0.15, 0.2) is 0 Å². The Morgan fingerprint density at radius 3 is 2.23 bits per heavy atom. The molecule has 0 saturated heterocycles. The second kappa shape index (κ2) is 12.4.